The average molecular weight is 318 g/mol. The highest BCUT2D eigenvalue weighted by Crippen LogP contribution is 2.29. The van der Waals surface area contributed by atoms with Crippen molar-refractivity contribution in [3.63, 3.8) is 0 Å². The molecule has 1 aromatic carbocycles. The zero-order valence-electron chi connectivity index (χ0n) is 13.5. The highest BCUT2D eigenvalue weighted by molar-refractivity contribution is 7.07. The molecule has 5 heteroatoms. The zero-order chi connectivity index (χ0) is 16.3. The van der Waals surface area contributed by atoms with Gasteiger partial charge >= 0.3 is 4.87 Å². The number of hydrogen-bond acceptors (Lipinski definition) is 3. The van der Waals surface area contributed by atoms with Crippen molar-refractivity contribution in [3.8, 4) is 0 Å². The first kappa shape index (κ1) is 16.5. The molecule has 0 radical (unpaired) electrons. The van der Waals surface area contributed by atoms with E-state index in [1.54, 1.807) is 4.57 Å². The van der Waals surface area contributed by atoms with E-state index in [2.05, 4.69) is 26.1 Å². The number of thiazole rings is 1. The maximum atomic E-state index is 12.2. The Morgan fingerprint density at radius 3 is 2.55 bits per heavy atom. The van der Waals surface area contributed by atoms with Gasteiger partial charge in [-0.2, -0.15) is 0 Å². The molecule has 1 amide bonds. The fraction of sp³-hybridized carbons (Fsp3) is 0.412. The molecular formula is C17H22N2O2S. The summed E-state index contributed by atoms with van der Waals surface area (Å²) in [5, 5.41) is 4.78. The predicted octanol–water partition coefficient (Wildman–Crippen LogP) is 3.54. The Kier molecular flexibility index (Phi) is 4.86. The molecule has 1 N–H and O–H groups in total. The van der Waals surface area contributed by atoms with Gasteiger partial charge in [-0.15, -0.1) is 0 Å². The fourth-order valence-corrected chi connectivity index (χ4v) is 3.11. The summed E-state index contributed by atoms with van der Waals surface area (Å²) in [5.74, 6) is -0.0748. The van der Waals surface area contributed by atoms with E-state index in [4.69, 9.17) is 0 Å². The van der Waals surface area contributed by atoms with E-state index >= 15 is 0 Å². The van der Waals surface area contributed by atoms with Gasteiger partial charge in [0.05, 0.1) is 0 Å². The molecule has 0 saturated heterocycles. The molecule has 0 unspecified atom stereocenters. The van der Waals surface area contributed by atoms with Gasteiger partial charge in [-0.1, -0.05) is 50.3 Å². The highest BCUT2D eigenvalue weighted by Gasteiger charge is 2.18. The summed E-state index contributed by atoms with van der Waals surface area (Å²) in [4.78, 5) is 23.8. The Morgan fingerprint density at radius 2 is 1.95 bits per heavy atom. The van der Waals surface area contributed by atoms with Crippen LogP contribution in [0.25, 0.3) is 0 Å². The molecule has 2 aromatic rings. The number of carbonyl (C=O) groups excluding carboxylic acids is 1. The molecule has 0 atom stereocenters. The van der Waals surface area contributed by atoms with Gasteiger partial charge < -0.3 is 9.88 Å². The number of para-hydroxylation sites is 1. The number of nitrogens with one attached hydrogen (secondary N) is 1. The molecule has 0 saturated carbocycles. The van der Waals surface area contributed by atoms with Crippen LogP contribution in [0.3, 0.4) is 0 Å². The number of hydrogen-bond donors (Lipinski definition) is 1. The van der Waals surface area contributed by atoms with Crippen LogP contribution in [-0.4, -0.2) is 10.5 Å². The third kappa shape index (κ3) is 3.85. The molecule has 0 aliphatic carbocycles. The average Bonchev–Trinajstić information content (AvgIpc) is 2.75. The van der Waals surface area contributed by atoms with Gasteiger partial charge in [-0.05, 0) is 24.0 Å². The Bertz CT molecular complexity index is 723. The van der Waals surface area contributed by atoms with Gasteiger partial charge in [0, 0.05) is 29.7 Å². The van der Waals surface area contributed by atoms with Crippen LogP contribution in [0.15, 0.2) is 34.4 Å². The van der Waals surface area contributed by atoms with Gasteiger partial charge in [-0.25, -0.2) is 0 Å². The summed E-state index contributed by atoms with van der Waals surface area (Å²) in [6, 6.07) is 7.84. The minimum atomic E-state index is -0.0748. The third-order valence-corrected chi connectivity index (χ3v) is 4.43. The lowest BCUT2D eigenvalue weighted by atomic mass is 9.86. The number of nitrogens with zero attached hydrogens (tertiary/aromatic N) is 1. The number of aromatic nitrogens is 1. The second-order valence-electron chi connectivity index (χ2n) is 6.39. The van der Waals surface area contributed by atoms with Crippen molar-refractivity contribution >= 4 is 22.9 Å². The molecule has 4 nitrogen and oxygen atoms in total. The van der Waals surface area contributed by atoms with Crippen LogP contribution in [0, 0.1) is 6.92 Å². The minimum absolute atomic E-state index is 0.0135. The molecular weight excluding hydrogens is 296 g/mol. The Balaban J connectivity index is 2.06. The monoisotopic (exact) mass is 318 g/mol. The predicted molar refractivity (Wildman–Crippen MR) is 91.7 cm³/mol. The smallest absolute Gasteiger partial charge is 0.307 e. The molecule has 0 bridgehead atoms. The number of amides is 1. The standard InChI is InChI=1S/C17H22N2O2S/c1-12-11-22-16(21)19(12)10-9-15(20)18-14-8-6-5-7-13(14)17(2,3)4/h5-8,11H,9-10H2,1-4H3,(H,18,20). The van der Waals surface area contributed by atoms with Crippen LogP contribution in [0.5, 0.6) is 0 Å². The highest BCUT2D eigenvalue weighted by atomic mass is 32.1. The van der Waals surface area contributed by atoms with Gasteiger partial charge in [0.2, 0.25) is 5.91 Å². The first-order chi connectivity index (χ1) is 10.3. The van der Waals surface area contributed by atoms with E-state index in [1.165, 1.54) is 11.3 Å². The van der Waals surface area contributed by atoms with Crippen molar-refractivity contribution < 1.29 is 4.79 Å². The Morgan fingerprint density at radius 1 is 1.27 bits per heavy atom. The molecule has 22 heavy (non-hydrogen) atoms. The van der Waals surface area contributed by atoms with Crippen LogP contribution in [0.1, 0.15) is 38.4 Å². The Labute approximate surface area is 134 Å². The van der Waals surface area contributed by atoms with Crippen molar-refractivity contribution in [2.75, 3.05) is 5.32 Å². The van der Waals surface area contributed by atoms with Gasteiger partial charge in [0.15, 0.2) is 0 Å². The van der Waals surface area contributed by atoms with E-state index in [9.17, 15) is 9.59 Å². The summed E-state index contributed by atoms with van der Waals surface area (Å²) in [7, 11) is 0. The number of anilines is 1. The van der Waals surface area contributed by atoms with Crippen molar-refractivity contribution in [1.29, 1.82) is 0 Å². The first-order valence-corrected chi connectivity index (χ1v) is 8.21. The molecule has 1 heterocycles. The lowest BCUT2D eigenvalue weighted by Gasteiger charge is -2.23. The first-order valence-electron chi connectivity index (χ1n) is 7.33. The van der Waals surface area contributed by atoms with Crippen LogP contribution in [0.4, 0.5) is 5.69 Å². The molecule has 2 rings (SSSR count). The van der Waals surface area contributed by atoms with Crippen LogP contribution >= 0.6 is 11.3 Å². The number of benzene rings is 1. The van der Waals surface area contributed by atoms with E-state index < -0.39 is 0 Å². The Hall–Kier alpha value is -1.88. The summed E-state index contributed by atoms with van der Waals surface area (Å²) in [6.07, 6.45) is 0.288. The van der Waals surface area contributed by atoms with Crippen molar-refractivity contribution in [2.45, 2.75) is 46.1 Å². The van der Waals surface area contributed by atoms with Crippen molar-refractivity contribution in [3.05, 3.63) is 50.6 Å². The second kappa shape index (κ2) is 6.48. The van der Waals surface area contributed by atoms with Crippen molar-refractivity contribution in [2.24, 2.45) is 0 Å². The lowest BCUT2D eigenvalue weighted by Crippen LogP contribution is -2.22. The molecule has 0 fully saturated rings. The number of aryl methyl sites for hydroxylation is 1. The molecule has 0 spiro atoms. The minimum Gasteiger partial charge on any atom is -0.326 e. The van der Waals surface area contributed by atoms with Crippen molar-refractivity contribution in [1.82, 2.24) is 4.57 Å². The summed E-state index contributed by atoms with van der Waals surface area (Å²) in [6.45, 7) is 8.65. The molecule has 0 aliphatic rings. The fourth-order valence-electron chi connectivity index (χ4n) is 2.35. The van der Waals surface area contributed by atoms with Crippen LogP contribution in [0.2, 0.25) is 0 Å². The maximum Gasteiger partial charge on any atom is 0.307 e. The van der Waals surface area contributed by atoms with E-state index in [1.807, 2.05) is 36.6 Å². The largest absolute Gasteiger partial charge is 0.326 e. The summed E-state index contributed by atoms with van der Waals surface area (Å²) < 4.78 is 1.64. The third-order valence-electron chi connectivity index (χ3n) is 3.55. The second-order valence-corrected chi connectivity index (χ2v) is 7.21. The van der Waals surface area contributed by atoms with E-state index in [-0.39, 0.29) is 22.6 Å². The summed E-state index contributed by atoms with van der Waals surface area (Å²) >= 11 is 1.17. The van der Waals surface area contributed by atoms with E-state index in [0.717, 1.165) is 16.9 Å². The molecule has 0 aliphatic heterocycles. The van der Waals surface area contributed by atoms with Crippen LogP contribution < -0.4 is 10.2 Å². The van der Waals surface area contributed by atoms with Crippen LogP contribution in [-0.2, 0) is 16.8 Å². The number of rotatable bonds is 4. The number of carbonyl (C=O) groups is 1. The van der Waals surface area contributed by atoms with Gasteiger partial charge in [-0.3, -0.25) is 9.59 Å². The lowest BCUT2D eigenvalue weighted by molar-refractivity contribution is -0.116. The van der Waals surface area contributed by atoms with E-state index in [0.29, 0.717) is 6.54 Å². The topological polar surface area (TPSA) is 51.1 Å². The molecule has 118 valence electrons. The normalized spacial score (nSPS) is 11.5. The zero-order valence-corrected chi connectivity index (χ0v) is 14.3. The SMILES string of the molecule is Cc1csc(=O)n1CCC(=O)Nc1ccccc1C(C)(C)C. The molecule has 1 aromatic heterocycles. The summed E-state index contributed by atoms with van der Waals surface area (Å²) in [5.41, 5.74) is 2.81. The maximum absolute atomic E-state index is 12.2. The van der Waals surface area contributed by atoms with Gasteiger partial charge in [0.1, 0.15) is 0 Å². The van der Waals surface area contributed by atoms with Gasteiger partial charge in [0.25, 0.3) is 0 Å². The quantitative estimate of drug-likeness (QED) is 0.937.